The molecule has 4 rings (SSSR count). The van der Waals surface area contributed by atoms with Crippen LogP contribution in [-0.4, -0.2) is 41.6 Å². The van der Waals surface area contributed by atoms with Gasteiger partial charge >= 0.3 is 5.97 Å². The highest BCUT2D eigenvalue weighted by Crippen LogP contribution is 2.38. The van der Waals surface area contributed by atoms with Crippen LogP contribution in [0.1, 0.15) is 36.0 Å². The van der Waals surface area contributed by atoms with Crippen LogP contribution in [0, 0.1) is 5.92 Å². The number of carbonyl (C=O) groups excluding carboxylic acids is 1. The Labute approximate surface area is 167 Å². The fraction of sp³-hybridized carbons (Fsp3) is 0.450. The summed E-state index contributed by atoms with van der Waals surface area (Å²) in [7, 11) is 1.29. The van der Waals surface area contributed by atoms with Gasteiger partial charge in [-0.25, -0.2) is 4.79 Å². The molecule has 148 valence electrons. The minimum atomic E-state index is -0.545. The molecule has 28 heavy (non-hydrogen) atoms. The zero-order valence-electron chi connectivity index (χ0n) is 15.6. The normalized spacial score (nSPS) is 21.9. The molecule has 2 fully saturated rings. The summed E-state index contributed by atoms with van der Waals surface area (Å²) < 4.78 is 11.8. The van der Waals surface area contributed by atoms with Crippen LogP contribution in [0.3, 0.4) is 0 Å². The second kappa shape index (κ2) is 7.93. The van der Waals surface area contributed by atoms with E-state index in [1.165, 1.54) is 26.1 Å². The number of esters is 1. The number of hydrogen-bond donors (Lipinski definition) is 1. The fourth-order valence-electron chi connectivity index (χ4n) is 3.62. The van der Waals surface area contributed by atoms with Gasteiger partial charge in [-0.05, 0) is 43.7 Å². The summed E-state index contributed by atoms with van der Waals surface area (Å²) in [5.74, 6) is 0.122. The number of halogens is 1. The Hall–Kier alpha value is -2.38. The average Bonchev–Trinajstić information content (AvgIpc) is 3.57. The number of nitrogens with zero attached hydrogens (tertiary/aromatic N) is 2. The Morgan fingerprint density at radius 2 is 2.11 bits per heavy atom. The van der Waals surface area contributed by atoms with E-state index < -0.39 is 11.5 Å². The maximum atomic E-state index is 12.8. The Morgan fingerprint density at radius 3 is 2.86 bits per heavy atom. The minimum Gasteiger partial charge on any atom is -0.465 e. The first kappa shape index (κ1) is 19.0. The molecule has 0 radical (unpaired) electrons. The molecule has 1 aromatic carbocycles. The number of rotatable bonds is 5. The van der Waals surface area contributed by atoms with Crippen molar-refractivity contribution in [1.82, 2.24) is 9.78 Å². The van der Waals surface area contributed by atoms with Crippen molar-refractivity contribution in [2.75, 3.05) is 19.0 Å². The van der Waals surface area contributed by atoms with Gasteiger partial charge in [0.2, 0.25) is 0 Å². The van der Waals surface area contributed by atoms with E-state index in [2.05, 4.69) is 10.4 Å². The first-order valence-corrected chi connectivity index (χ1v) is 9.80. The van der Waals surface area contributed by atoms with E-state index in [0.717, 1.165) is 17.5 Å². The number of nitrogens with one attached hydrogen (secondary N) is 1. The molecular weight excluding hydrogens is 382 g/mol. The number of anilines is 1. The lowest BCUT2D eigenvalue weighted by molar-refractivity contribution is -0.00219. The molecule has 1 aliphatic carbocycles. The maximum Gasteiger partial charge on any atom is 0.340 e. The Kier molecular flexibility index (Phi) is 5.37. The summed E-state index contributed by atoms with van der Waals surface area (Å²) in [6, 6.07) is 6.81. The van der Waals surface area contributed by atoms with Crippen molar-refractivity contribution in [2.24, 2.45) is 5.92 Å². The number of ether oxygens (including phenoxy) is 2. The van der Waals surface area contributed by atoms with E-state index in [4.69, 9.17) is 21.1 Å². The van der Waals surface area contributed by atoms with Gasteiger partial charge in [0.05, 0.1) is 36.3 Å². The number of methoxy groups -OCH3 is 1. The first-order chi connectivity index (χ1) is 13.6. The van der Waals surface area contributed by atoms with Crippen LogP contribution in [0.25, 0.3) is 5.69 Å². The molecule has 8 heteroatoms. The number of carbonyl (C=O) groups is 1. The van der Waals surface area contributed by atoms with Crippen LogP contribution in [-0.2, 0) is 9.47 Å². The van der Waals surface area contributed by atoms with Gasteiger partial charge in [-0.15, -0.1) is 0 Å². The highest BCUT2D eigenvalue weighted by atomic mass is 35.5. The molecule has 2 aliphatic rings. The standard InChI is InChI=1S/C20H22ClN3O4/c1-27-20(26)14-4-2-3-5-16(14)24-19(25)18(21)15(11-22-24)23-13-8-9-28-17(10-13)12-6-7-12/h2-5,11-13,17,23H,6-10H2,1H3. The highest BCUT2D eigenvalue weighted by Gasteiger charge is 2.36. The lowest BCUT2D eigenvalue weighted by atomic mass is 10.00. The Morgan fingerprint density at radius 1 is 1.32 bits per heavy atom. The smallest absolute Gasteiger partial charge is 0.340 e. The average molecular weight is 404 g/mol. The van der Waals surface area contributed by atoms with E-state index in [9.17, 15) is 9.59 Å². The molecule has 1 saturated heterocycles. The Balaban J connectivity index is 1.59. The van der Waals surface area contributed by atoms with Crippen molar-refractivity contribution in [1.29, 1.82) is 0 Å². The SMILES string of the molecule is COC(=O)c1ccccc1-n1ncc(NC2CCOC(C3CC3)C2)c(Cl)c1=O. The van der Waals surface area contributed by atoms with Crippen molar-refractivity contribution < 1.29 is 14.3 Å². The molecular formula is C20H22ClN3O4. The monoisotopic (exact) mass is 403 g/mol. The zero-order valence-corrected chi connectivity index (χ0v) is 16.3. The molecule has 0 bridgehead atoms. The van der Waals surface area contributed by atoms with Crippen molar-refractivity contribution in [3.05, 3.63) is 51.4 Å². The summed E-state index contributed by atoms with van der Waals surface area (Å²) in [5.41, 5.74) is 0.578. The van der Waals surface area contributed by atoms with Crippen molar-refractivity contribution in [3.63, 3.8) is 0 Å². The van der Waals surface area contributed by atoms with Crippen LogP contribution < -0.4 is 10.9 Å². The van der Waals surface area contributed by atoms with Crippen molar-refractivity contribution in [3.8, 4) is 5.69 Å². The predicted molar refractivity (Wildman–Crippen MR) is 105 cm³/mol. The molecule has 1 saturated carbocycles. The summed E-state index contributed by atoms with van der Waals surface area (Å²) in [5, 5.41) is 7.63. The Bertz CT molecular complexity index is 941. The van der Waals surface area contributed by atoms with Gasteiger partial charge in [0.1, 0.15) is 5.02 Å². The molecule has 0 spiro atoms. The zero-order chi connectivity index (χ0) is 19.7. The number of para-hydroxylation sites is 1. The lowest BCUT2D eigenvalue weighted by Crippen LogP contribution is -2.36. The van der Waals surface area contributed by atoms with Crippen molar-refractivity contribution >= 4 is 23.3 Å². The van der Waals surface area contributed by atoms with Crippen LogP contribution >= 0.6 is 11.6 Å². The van der Waals surface area contributed by atoms with Crippen LogP contribution in [0.2, 0.25) is 5.02 Å². The van der Waals surface area contributed by atoms with Gasteiger partial charge in [0.15, 0.2) is 0 Å². The van der Waals surface area contributed by atoms with Gasteiger partial charge in [-0.1, -0.05) is 23.7 Å². The summed E-state index contributed by atoms with van der Waals surface area (Å²) in [4.78, 5) is 24.8. The van der Waals surface area contributed by atoms with Gasteiger partial charge in [0, 0.05) is 12.6 Å². The molecule has 2 atom stereocenters. The van der Waals surface area contributed by atoms with E-state index in [1.54, 1.807) is 24.3 Å². The van der Waals surface area contributed by atoms with Gasteiger partial charge < -0.3 is 14.8 Å². The first-order valence-electron chi connectivity index (χ1n) is 9.42. The second-order valence-corrected chi connectivity index (χ2v) is 7.59. The van der Waals surface area contributed by atoms with Gasteiger partial charge in [-0.2, -0.15) is 9.78 Å². The molecule has 1 aliphatic heterocycles. The largest absolute Gasteiger partial charge is 0.465 e. The third-order valence-electron chi connectivity index (χ3n) is 5.28. The molecule has 2 heterocycles. The number of hydrogen-bond acceptors (Lipinski definition) is 6. The van der Waals surface area contributed by atoms with Crippen LogP contribution in [0.15, 0.2) is 35.3 Å². The maximum absolute atomic E-state index is 12.8. The molecule has 7 nitrogen and oxygen atoms in total. The van der Waals surface area contributed by atoms with Crippen LogP contribution in [0.5, 0.6) is 0 Å². The van der Waals surface area contributed by atoms with Crippen molar-refractivity contribution in [2.45, 2.75) is 37.8 Å². The van der Waals surface area contributed by atoms with E-state index >= 15 is 0 Å². The topological polar surface area (TPSA) is 82.5 Å². The predicted octanol–water partition coefficient (Wildman–Crippen LogP) is 3.04. The highest BCUT2D eigenvalue weighted by molar-refractivity contribution is 6.33. The number of benzene rings is 1. The molecule has 1 N–H and O–H groups in total. The quantitative estimate of drug-likeness (QED) is 0.772. The second-order valence-electron chi connectivity index (χ2n) is 7.21. The summed E-state index contributed by atoms with van der Waals surface area (Å²) in [6.07, 6.45) is 6.03. The third kappa shape index (κ3) is 3.77. The molecule has 2 unspecified atom stereocenters. The van der Waals surface area contributed by atoms with Gasteiger partial charge in [-0.3, -0.25) is 4.79 Å². The van der Waals surface area contributed by atoms with Gasteiger partial charge in [0.25, 0.3) is 5.56 Å². The lowest BCUT2D eigenvalue weighted by Gasteiger charge is -2.31. The third-order valence-corrected chi connectivity index (χ3v) is 5.64. The molecule has 2 aromatic rings. The fourth-order valence-corrected chi connectivity index (χ4v) is 3.80. The van der Waals surface area contributed by atoms with E-state index in [0.29, 0.717) is 23.9 Å². The summed E-state index contributed by atoms with van der Waals surface area (Å²) >= 11 is 6.36. The van der Waals surface area contributed by atoms with E-state index in [1.807, 2.05) is 0 Å². The molecule has 1 aromatic heterocycles. The van der Waals surface area contributed by atoms with Crippen LogP contribution in [0.4, 0.5) is 5.69 Å². The summed E-state index contributed by atoms with van der Waals surface area (Å²) in [6.45, 7) is 0.702. The van der Waals surface area contributed by atoms with E-state index in [-0.39, 0.29) is 22.7 Å². The minimum absolute atomic E-state index is 0.0455. The number of aromatic nitrogens is 2. The molecule has 0 amide bonds.